The first-order valence-electron chi connectivity index (χ1n) is 22.9. The molecular formula is C43H84N8O8S5. The highest BCUT2D eigenvalue weighted by Crippen LogP contribution is 2.19. The van der Waals surface area contributed by atoms with Crippen LogP contribution in [0.2, 0.25) is 0 Å². The van der Waals surface area contributed by atoms with E-state index in [1.54, 1.807) is 0 Å². The molecule has 0 radical (unpaired) electrons. The van der Waals surface area contributed by atoms with Crippen molar-refractivity contribution < 1.29 is 38.4 Å². The monoisotopic (exact) mass is 1000 g/mol. The standard InChI is InChI=1S/C20H38N2O3S2.C12H24N4O3S.C11H22N2O2S2/c21-22-20(25)17(16-19(24)13-7-3-9-15-27)10-4-1-5-11-18(23)12-6-2-8-14-26;13-15-11(18)6-5-9(12(19)16-14)8-10(17)4-2-1-3-7-20;12-13-11(15)9(5-7-17)8-10(14)4-2-1-3-6-16/h17,26-27H,1-16,21H2,(H,22,25);9,20H,1-8,13-14H2,(H,15,18)(H,16,19);9,16-17H,1-8,12H2,(H,13,15). The first-order valence-corrected chi connectivity index (χ1v) is 26.0. The molecule has 0 aliphatic heterocycles. The first-order chi connectivity index (χ1) is 30.7. The molecule has 3 atom stereocenters. The molecule has 21 heteroatoms. The number of amides is 4. The zero-order valence-electron chi connectivity index (χ0n) is 38.2. The Balaban J connectivity index is -0.000000900. The Bertz CT molecular complexity index is 1280. The van der Waals surface area contributed by atoms with Gasteiger partial charge >= 0.3 is 0 Å². The van der Waals surface area contributed by atoms with Crippen molar-refractivity contribution in [3.63, 3.8) is 0 Å². The van der Waals surface area contributed by atoms with E-state index < -0.39 is 11.8 Å². The maximum absolute atomic E-state index is 12.1. The quantitative estimate of drug-likeness (QED) is 0.0124. The molecular weight excluding hydrogens is 917 g/mol. The van der Waals surface area contributed by atoms with Crippen molar-refractivity contribution in [1.82, 2.24) is 21.7 Å². The average Bonchev–Trinajstić information content (AvgIpc) is 3.29. The normalized spacial score (nSPS) is 12.0. The maximum atomic E-state index is 12.1. The molecule has 0 aromatic heterocycles. The minimum Gasteiger partial charge on any atom is -0.300 e. The molecule has 4 amide bonds. The third kappa shape index (κ3) is 42.8. The molecule has 0 saturated carbocycles. The van der Waals surface area contributed by atoms with Gasteiger partial charge < -0.3 is 0 Å². The minimum absolute atomic E-state index is 0.00548. The summed E-state index contributed by atoms with van der Waals surface area (Å²) < 4.78 is 0. The van der Waals surface area contributed by atoms with Crippen molar-refractivity contribution >= 4 is 110 Å². The van der Waals surface area contributed by atoms with Crippen molar-refractivity contribution in [2.75, 3.05) is 28.8 Å². The van der Waals surface area contributed by atoms with Gasteiger partial charge in [-0.3, -0.25) is 60.1 Å². The molecule has 3 unspecified atom stereocenters. The van der Waals surface area contributed by atoms with E-state index in [2.05, 4.69) is 74.0 Å². The van der Waals surface area contributed by atoms with Gasteiger partial charge in [-0.05, 0) is 106 Å². The van der Waals surface area contributed by atoms with Gasteiger partial charge in [0.15, 0.2) is 0 Å². The second-order valence-electron chi connectivity index (χ2n) is 15.7. The number of Topliss-reactive ketones (excluding diaryl/α,β-unsaturated/α-hetero) is 4. The molecule has 374 valence electrons. The van der Waals surface area contributed by atoms with E-state index in [4.69, 9.17) is 23.4 Å². The Hall–Kier alpha value is -1.85. The van der Waals surface area contributed by atoms with E-state index in [0.29, 0.717) is 56.5 Å². The first kappa shape index (κ1) is 66.4. The average molecular weight is 1000 g/mol. The summed E-state index contributed by atoms with van der Waals surface area (Å²) in [5.74, 6) is 22.3. The van der Waals surface area contributed by atoms with Crippen LogP contribution in [0.3, 0.4) is 0 Å². The van der Waals surface area contributed by atoms with Crippen LogP contribution in [-0.4, -0.2) is 75.5 Å². The molecule has 64 heavy (non-hydrogen) atoms. The fourth-order valence-electron chi connectivity index (χ4n) is 6.45. The summed E-state index contributed by atoms with van der Waals surface area (Å²) in [6.45, 7) is 0. The number of carbonyl (C=O) groups is 8. The highest BCUT2D eigenvalue weighted by atomic mass is 32.1. The largest absolute Gasteiger partial charge is 0.300 e. The number of thiol groups is 5. The molecule has 0 aromatic carbocycles. The smallest absolute Gasteiger partial charge is 0.237 e. The van der Waals surface area contributed by atoms with Gasteiger partial charge in [-0.2, -0.15) is 63.1 Å². The molecule has 0 saturated heterocycles. The summed E-state index contributed by atoms with van der Waals surface area (Å²) in [5, 5.41) is 0. The topological polar surface area (TPSA) is 289 Å². The molecule has 0 bridgehead atoms. The Labute approximate surface area is 411 Å². The lowest BCUT2D eigenvalue weighted by molar-refractivity contribution is -0.130. The predicted molar refractivity (Wildman–Crippen MR) is 274 cm³/mol. The maximum Gasteiger partial charge on any atom is 0.237 e. The second-order valence-corrected chi connectivity index (χ2v) is 18.0. The summed E-state index contributed by atoms with van der Waals surface area (Å²) in [6.07, 6.45) is 19.1. The summed E-state index contributed by atoms with van der Waals surface area (Å²) in [4.78, 5) is 93.2. The van der Waals surface area contributed by atoms with Crippen molar-refractivity contribution in [3.05, 3.63) is 0 Å². The Morgan fingerprint density at radius 3 is 0.906 bits per heavy atom. The van der Waals surface area contributed by atoms with E-state index in [1.807, 2.05) is 10.9 Å². The zero-order valence-corrected chi connectivity index (χ0v) is 42.6. The number of nitrogens with one attached hydrogen (secondary N) is 4. The third-order valence-electron chi connectivity index (χ3n) is 10.3. The Morgan fingerprint density at radius 1 is 0.312 bits per heavy atom. The molecule has 0 rings (SSSR count). The molecule has 0 spiro atoms. The van der Waals surface area contributed by atoms with Crippen LogP contribution >= 0.6 is 63.1 Å². The van der Waals surface area contributed by atoms with Crippen molar-refractivity contribution in [2.45, 2.75) is 173 Å². The van der Waals surface area contributed by atoms with Gasteiger partial charge in [-0.25, -0.2) is 23.4 Å². The van der Waals surface area contributed by atoms with Crippen LogP contribution < -0.4 is 45.1 Å². The molecule has 16 nitrogen and oxygen atoms in total. The highest BCUT2D eigenvalue weighted by molar-refractivity contribution is 7.80. The number of unbranched alkanes of at least 4 members (excludes halogenated alkanes) is 10. The molecule has 0 aliphatic rings. The lowest BCUT2D eigenvalue weighted by Gasteiger charge is -2.14. The van der Waals surface area contributed by atoms with Crippen LogP contribution in [0.5, 0.6) is 0 Å². The lowest BCUT2D eigenvalue weighted by atomic mass is 9.92. The van der Waals surface area contributed by atoms with E-state index in [-0.39, 0.29) is 79.0 Å². The van der Waals surface area contributed by atoms with E-state index >= 15 is 0 Å². The summed E-state index contributed by atoms with van der Waals surface area (Å²) in [7, 11) is 0. The fourth-order valence-corrected chi connectivity index (χ4v) is 7.66. The number of carbonyl (C=O) groups excluding carboxylic acids is 8. The molecule has 0 heterocycles. The van der Waals surface area contributed by atoms with Crippen LogP contribution in [-0.2, 0) is 38.4 Å². The van der Waals surface area contributed by atoms with Crippen LogP contribution in [0.1, 0.15) is 173 Å². The van der Waals surface area contributed by atoms with Gasteiger partial charge in [-0.15, -0.1) is 0 Å². The van der Waals surface area contributed by atoms with Crippen molar-refractivity contribution in [1.29, 1.82) is 0 Å². The number of rotatable bonds is 40. The number of hydrazine groups is 4. The van der Waals surface area contributed by atoms with E-state index in [1.165, 1.54) is 0 Å². The van der Waals surface area contributed by atoms with Gasteiger partial charge in [0.2, 0.25) is 23.6 Å². The molecule has 0 fully saturated rings. The number of nitrogens with two attached hydrogens (primary N) is 4. The van der Waals surface area contributed by atoms with Gasteiger partial charge in [0, 0.05) is 75.5 Å². The number of ketones is 4. The predicted octanol–water partition coefficient (Wildman–Crippen LogP) is 5.23. The molecule has 0 aliphatic carbocycles. The van der Waals surface area contributed by atoms with Crippen LogP contribution in [0.4, 0.5) is 0 Å². The number of hydrogen-bond donors (Lipinski definition) is 13. The molecule has 12 N–H and O–H groups in total. The van der Waals surface area contributed by atoms with Gasteiger partial charge in [0.05, 0.1) is 0 Å². The zero-order chi connectivity index (χ0) is 48.8. The van der Waals surface area contributed by atoms with Crippen LogP contribution in [0.25, 0.3) is 0 Å². The van der Waals surface area contributed by atoms with Gasteiger partial charge in [0.25, 0.3) is 0 Å². The summed E-state index contributed by atoms with van der Waals surface area (Å²) >= 11 is 20.6. The SMILES string of the molecule is NNC(=O)C(CCCCCC(=O)CCCCCS)CC(=O)CCCCCS.NNC(=O)C(CCS)CC(=O)CCCCCS.NNC(=O)CCC(CC(=O)CCCCCS)C(=O)NN. The van der Waals surface area contributed by atoms with Gasteiger partial charge in [-0.1, -0.05) is 38.5 Å². The van der Waals surface area contributed by atoms with Crippen LogP contribution in [0, 0.1) is 17.8 Å². The summed E-state index contributed by atoms with van der Waals surface area (Å²) in [5.41, 5.74) is 8.28. The number of hydrogen-bond acceptors (Lipinski definition) is 17. The second kappa shape index (κ2) is 49.1. The Kier molecular flexibility index (Phi) is 50.9. The molecule has 0 aromatic rings. The van der Waals surface area contributed by atoms with E-state index in [9.17, 15) is 38.4 Å². The highest BCUT2D eigenvalue weighted by Gasteiger charge is 2.23. The van der Waals surface area contributed by atoms with Gasteiger partial charge in [0.1, 0.15) is 23.1 Å². The van der Waals surface area contributed by atoms with Crippen molar-refractivity contribution in [2.24, 2.45) is 41.1 Å². The third-order valence-corrected chi connectivity index (χ3v) is 11.8. The van der Waals surface area contributed by atoms with Crippen LogP contribution in [0.15, 0.2) is 0 Å². The summed E-state index contributed by atoms with van der Waals surface area (Å²) in [6, 6.07) is 0. The Morgan fingerprint density at radius 2 is 0.609 bits per heavy atom. The minimum atomic E-state index is -0.588. The fraction of sp³-hybridized carbons (Fsp3) is 0.814. The lowest BCUT2D eigenvalue weighted by Crippen LogP contribution is -2.38. The van der Waals surface area contributed by atoms with E-state index in [0.717, 1.165) is 119 Å². The van der Waals surface area contributed by atoms with Crippen molar-refractivity contribution in [3.8, 4) is 0 Å².